The zero-order chi connectivity index (χ0) is 18.7. The third kappa shape index (κ3) is 4.35. The van der Waals surface area contributed by atoms with Gasteiger partial charge in [0, 0.05) is 29.9 Å². The Balaban J connectivity index is 1.60. The molecule has 3 amide bonds. The molecular formula is C16H17N5O5. The molecule has 1 saturated carbocycles. The van der Waals surface area contributed by atoms with Crippen LogP contribution in [0.15, 0.2) is 34.9 Å². The number of rotatable bonds is 6. The molecule has 10 nitrogen and oxygen atoms in total. The molecule has 1 aromatic heterocycles. The summed E-state index contributed by atoms with van der Waals surface area (Å²) in [7, 11) is 0. The van der Waals surface area contributed by atoms with Gasteiger partial charge >= 0.3 is 6.03 Å². The van der Waals surface area contributed by atoms with E-state index in [0.29, 0.717) is 17.3 Å². The molecule has 1 aliphatic rings. The molecule has 0 radical (unpaired) electrons. The van der Waals surface area contributed by atoms with E-state index in [1.807, 2.05) is 0 Å². The Morgan fingerprint density at radius 1 is 1.31 bits per heavy atom. The van der Waals surface area contributed by atoms with Gasteiger partial charge in [-0.05, 0) is 31.9 Å². The number of amides is 3. The molecule has 0 bridgehead atoms. The number of aryl methyl sites for hydroxylation is 1. The molecule has 1 heterocycles. The van der Waals surface area contributed by atoms with Crippen molar-refractivity contribution in [2.75, 3.05) is 17.2 Å². The number of anilines is 2. The number of hydrogen-bond donors (Lipinski definition) is 2. The predicted octanol–water partition coefficient (Wildman–Crippen LogP) is 2.53. The van der Waals surface area contributed by atoms with E-state index in [9.17, 15) is 19.7 Å². The van der Waals surface area contributed by atoms with Crippen LogP contribution < -0.4 is 10.6 Å². The molecule has 1 fully saturated rings. The molecule has 0 spiro atoms. The van der Waals surface area contributed by atoms with Gasteiger partial charge < -0.3 is 20.1 Å². The van der Waals surface area contributed by atoms with Gasteiger partial charge in [0.1, 0.15) is 12.3 Å². The highest BCUT2D eigenvalue weighted by Crippen LogP contribution is 2.27. The number of nitro benzene ring substituents is 1. The number of non-ortho nitro benzene ring substituents is 1. The van der Waals surface area contributed by atoms with Crippen LogP contribution in [0.4, 0.5) is 22.0 Å². The van der Waals surface area contributed by atoms with Crippen molar-refractivity contribution in [1.29, 1.82) is 0 Å². The lowest BCUT2D eigenvalue weighted by Gasteiger charge is -2.22. The third-order valence-electron chi connectivity index (χ3n) is 3.79. The summed E-state index contributed by atoms with van der Waals surface area (Å²) in [6.07, 6.45) is 1.65. The third-order valence-corrected chi connectivity index (χ3v) is 3.79. The summed E-state index contributed by atoms with van der Waals surface area (Å²) in [6.45, 7) is 1.58. The molecule has 10 heteroatoms. The van der Waals surface area contributed by atoms with Crippen molar-refractivity contribution < 1.29 is 19.0 Å². The van der Waals surface area contributed by atoms with Crippen molar-refractivity contribution in [3.63, 3.8) is 0 Å². The maximum absolute atomic E-state index is 12.5. The minimum atomic E-state index is -0.516. The van der Waals surface area contributed by atoms with Crippen LogP contribution in [0.1, 0.15) is 18.6 Å². The van der Waals surface area contributed by atoms with Crippen LogP contribution in [0.3, 0.4) is 0 Å². The van der Waals surface area contributed by atoms with Gasteiger partial charge in [-0.3, -0.25) is 14.9 Å². The molecule has 3 rings (SSSR count). The second-order valence-electron chi connectivity index (χ2n) is 5.96. The molecule has 0 atom stereocenters. The van der Waals surface area contributed by atoms with Gasteiger partial charge in [0.05, 0.1) is 4.92 Å². The van der Waals surface area contributed by atoms with Crippen LogP contribution >= 0.6 is 0 Å². The largest absolute Gasteiger partial charge is 0.360 e. The predicted molar refractivity (Wildman–Crippen MR) is 91.7 cm³/mol. The van der Waals surface area contributed by atoms with E-state index in [4.69, 9.17) is 4.52 Å². The van der Waals surface area contributed by atoms with Crippen molar-refractivity contribution in [3.05, 3.63) is 46.2 Å². The van der Waals surface area contributed by atoms with Crippen molar-refractivity contribution in [2.24, 2.45) is 0 Å². The van der Waals surface area contributed by atoms with Gasteiger partial charge in [-0.25, -0.2) is 4.79 Å². The Morgan fingerprint density at radius 3 is 2.54 bits per heavy atom. The summed E-state index contributed by atoms with van der Waals surface area (Å²) >= 11 is 0. The lowest BCUT2D eigenvalue weighted by atomic mass is 10.3. The van der Waals surface area contributed by atoms with Crippen molar-refractivity contribution >= 4 is 29.1 Å². The van der Waals surface area contributed by atoms with Crippen LogP contribution in [-0.2, 0) is 4.79 Å². The number of aromatic nitrogens is 1. The van der Waals surface area contributed by atoms with Crippen LogP contribution in [0, 0.1) is 17.0 Å². The van der Waals surface area contributed by atoms with Crippen molar-refractivity contribution in [3.8, 4) is 0 Å². The maximum Gasteiger partial charge on any atom is 0.322 e. The molecule has 136 valence electrons. The van der Waals surface area contributed by atoms with Gasteiger partial charge in [-0.15, -0.1) is 0 Å². The number of benzene rings is 1. The number of urea groups is 1. The fraction of sp³-hybridized carbons (Fsp3) is 0.312. The van der Waals surface area contributed by atoms with Crippen LogP contribution in [0.25, 0.3) is 0 Å². The Bertz CT molecular complexity index is 828. The fourth-order valence-electron chi connectivity index (χ4n) is 2.38. The average molecular weight is 359 g/mol. The quantitative estimate of drug-likeness (QED) is 0.602. The van der Waals surface area contributed by atoms with Gasteiger partial charge in [0.15, 0.2) is 5.82 Å². The monoisotopic (exact) mass is 359 g/mol. The molecule has 1 aromatic carbocycles. The zero-order valence-corrected chi connectivity index (χ0v) is 14.0. The first kappa shape index (κ1) is 17.4. The topological polar surface area (TPSA) is 131 Å². The van der Waals surface area contributed by atoms with E-state index in [2.05, 4.69) is 15.8 Å². The van der Waals surface area contributed by atoms with E-state index in [0.717, 1.165) is 12.8 Å². The van der Waals surface area contributed by atoms with E-state index in [1.165, 1.54) is 29.2 Å². The SMILES string of the molecule is Cc1cc(NC(=O)CN(C(=O)Nc2ccc([N+](=O)[O-])cc2)C2CC2)no1. The number of hydrogen-bond acceptors (Lipinski definition) is 6. The van der Waals surface area contributed by atoms with E-state index < -0.39 is 11.0 Å². The Labute approximate surface area is 148 Å². The van der Waals surface area contributed by atoms with E-state index in [-0.39, 0.29) is 24.2 Å². The number of carbonyl (C=O) groups excluding carboxylic acids is 2. The first-order chi connectivity index (χ1) is 12.4. The molecule has 0 unspecified atom stereocenters. The van der Waals surface area contributed by atoms with Crippen LogP contribution in [0.2, 0.25) is 0 Å². The second kappa shape index (κ2) is 7.21. The second-order valence-corrected chi connectivity index (χ2v) is 5.96. The number of nitro groups is 1. The minimum Gasteiger partial charge on any atom is -0.360 e. The summed E-state index contributed by atoms with van der Waals surface area (Å²) in [5.41, 5.74) is 0.350. The highest BCUT2D eigenvalue weighted by atomic mass is 16.6. The fourth-order valence-corrected chi connectivity index (χ4v) is 2.38. The van der Waals surface area contributed by atoms with Gasteiger partial charge in [-0.1, -0.05) is 5.16 Å². The van der Waals surface area contributed by atoms with Gasteiger partial charge in [0.25, 0.3) is 5.69 Å². The van der Waals surface area contributed by atoms with Gasteiger partial charge in [-0.2, -0.15) is 0 Å². The number of carbonyl (C=O) groups is 2. The zero-order valence-electron chi connectivity index (χ0n) is 14.0. The van der Waals surface area contributed by atoms with E-state index in [1.54, 1.807) is 13.0 Å². The van der Waals surface area contributed by atoms with Crippen molar-refractivity contribution in [1.82, 2.24) is 10.1 Å². The van der Waals surface area contributed by atoms with Crippen LogP contribution in [0.5, 0.6) is 0 Å². The molecule has 26 heavy (non-hydrogen) atoms. The Morgan fingerprint density at radius 2 is 2.00 bits per heavy atom. The summed E-state index contributed by atoms with van der Waals surface area (Å²) in [6, 6.07) is 6.63. The number of nitrogens with one attached hydrogen (secondary N) is 2. The van der Waals surface area contributed by atoms with Gasteiger partial charge in [0.2, 0.25) is 5.91 Å². The smallest absolute Gasteiger partial charge is 0.322 e. The van der Waals surface area contributed by atoms with Crippen LogP contribution in [-0.4, -0.2) is 39.5 Å². The summed E-state index contributed by atoms with van der Waals surface area (Å²) in [5.74, 6) is 0.471. The summed E-state index contributed by atoms with van der Waals surface area (Å²) in [4.78, 5) is 36.2. The standard InChI is InChI=1S/C16H17N5O5/c1-10-8-14(19-26-10)18-15(22)9-20(12-6-7-12)16(23)17-11-2-4-13(5-3-11)21(24)25/h2-5,8,12H,6-7,9H2,1H3,(H,17,23)(H,18,19,22). The molecular weight excluding hydrogens is 342 g/mol. The minimum absolute atomic E-state index is 0.00200. The first-order valence-electron chi connectivity index (χ1n) is 7.97. The number of nitrogens with zero attached hydrogens (tertiary/aromatic N) is 3. The normalized spacial score (nSPS) is 13.1. The lowest BCUT2D eigenvalue weighted by Crippen LogP contribution is -2.42. The average Bonchev–Trinajstić information content (AvgIpc) is 3.35. The maximum atomic E-state index is 12.5. The van der Waals surface area contributed by atoms with E-state index >= 15 is 0 Å². The first-order valence-corrected chi connectivity index (χ1v) is 7.97. The Hall–Kier alpha value is -3.43. The Kier molecular flexibility index (Phi) is 4.83. The summed E-state index contributed by atoms with van der Waals surface area (Å²) < 4.78 is 4.88. The molecule has 0 saturated heterocycles. The lowest BCUT2D eigenvalue weighted by molar-refractivity contribution is -0.384. The molecule has 2 aromatic rings. The highest BCUT2D eigenvalue weighted by Gasteiger charge is 2.34. The summed E-state index contributed by atoms with van der Waals surface area (Å²) in [5, 5.41) is 19.6. The molecule has 1 aliphatic carbocycles. The molecule has 0 aliphatic heterocycles. The van der Waals surface area contributed by atoms with Crippen molar-refractivity contribution in [2.45, 2.75) is 25.8 Å². The molecule has 2 N–H and O–H groups in total. The highest BCUT2D eigenvalue weighted by molar-refractivity contribution is 5.96.